The van der Waals surface area contributed by atoms with E-state index in [1.165, 1.54) is 0 Å². The van der Waals surface area contributed by atoms with Gasteiger partial charge in [-0.15, -0.1) is 0 Å². The van der Waals surface area contributed by atoms with Crippen LogP contribution in [-0.4, -0.2) is 46.6 Å². The first-order valence-corrected chi connectivity index (χ1v) is 14.5. The van der Waals surface area contributed by atoms with Gasteiger partial charge < -0.3 is 18.6 Å². The number of ether oxygens (including phenoxy) is 3. The first-order chi connectivity index (χ1) is 14.5. The SMILES string of the molecule is COc1ccc(COC[C@H](C)C[C@@H]2CCC(=O)[C@@H](CCO[Si](C)(C)C(C)(C)C)O2)cc1. The Balaban J connectivity index is 1.72. The predicted octanol–water partition coefficient (Wildman–Crippen LogP) is 5.77. The highest BCUT2D eigenvalue weighted by Gasteiger charge is 2.37. The molecule has 1 aromatic rings. The molecular formula is C25H42O5Si. The summed E-state index contributed by atoms with van der Waals surface area (Å²) in [6.45, 7) is 15.2. The molecule has 1 aromatic carbocycles. The second-order valence-electron chi connectivity index (χ2n) is 10.4. The summed E-state index contributed by atoms with van der Waals surface area (Å²) < 4.78 is 23.5. The number of hydrogen-bond acceptors (Lipinski definition) is 5. The third-order valence-corrected chi connectivity index (χ3v) is 11.1. The van der Waals surface area contributed by atoms with Gasteiger partial charge in [0.25, 0.3) is 0 Å². The second-order valence-corrected chi connectivity index (χ2v) is 15.2. The molecule has 6 heteroatoms. The predicted molar refractivity (Wildman–Crippen MR) is 127 cm³/mol. The molecule has 1 heterocycles. The van der Waals surface area contributed by atoms with E-state index in [-0.39, 0.29) is 23.0 Å². The van der Waals surface area contributed by atoms with Gasteiger partial charge in [0.2, 0.25) is 0 Å². The molecule has 0 amide bonds. The Kier molecular flexibility index (Phi) is 9.74. The quantitative estimate of drug-likeness (QED) is 0.401. The van der Waals surface area contributed by atoms with Crippen molar-refractivity contribution in [1.82, 2.24) is 0 Å². The van der Waals surface area contributed by atoms with E-state index in [4.69, 9.17) is 18.6 Å². The van der Waals surface area contributed by atoms with E-state index in [1.54, 1.807) is 7.11 Å². The molecule has 2 rings (SSSR count). The Hall–Kier alpha value is -1.21. The van der Waals surface area contributed by atoms with Gasteiger partial charge in [0, 0.05) is 26.1 Å². The van der Waals surface area contributed by atoms with Crippen LogP contribution >= 0.6 is 0 Å². The molecule has 0 N–H and O–H groups in total. The largest absolute Gasteiger partial charge is 0.497 e. The van der Waals surface area contributed by atoms with Crippen molar-refractivity contribution in [3.05, 3.63) is 29.8 Å². The summed E-state index contributed by atoms with van der Waals surface area (Å²) in [4.78, 5) is 12.3. The molecule has 0 aliphatic carbocycles. The standard InChI is InChI=1S/C25H42O5Si/c1-19(17-28-18-20-8-10-21(27-5)11-9-20)16-22-12-13-23(26)24(30-22)14-15-29-31(6,7)25(2,3)4/h8-11,19,22,24H,12-18H2,1-7H3/t19-,22+,24-/m1/s1. The molecule has 0 aromatic heterocycles. The molecule has 0 unspecified atom stereocenters. The Morgan fingerprint density at radius 1 is 1.19 bits per heavy atom. The molecule has 176 valence electrons. The normalized spacial score (nSPS) is 21.2. The van der Waals surface area contributed by atoms with Crippen LogP contribution in [0.2, 0.25) is 18.1 Å². The molecule has 31 heavy (non-hydrogen) atoms. The molecule has 1 aliphatic heterocycles. The minimum atomic E-state index is -1.79. The number of benzene rings is 1. The van der Waals surface area contributed by atoms with E-state index >= 15 is 0 Å². The summed E-state index contributed by atoms with van der Waals surface area (Å²) in [6, 6.07) is 7.94. The van der Waals surface area contributed by atoms with E-state index in [1.807, 2.05) is 24.3 Å². The minimum Gasteiger partial charge on any atom is -0.497 e. The van der Waals surface area contributed by atoms with Gasteiger partial charge in [-0.1, -0.05) is 39.8 Å². The molecule has 1 aliphatic rings. The Morgan fingerprint density at radius 2 is 1.87 bits per heavy atom. The molecule has 1 saturated heterocycles. The topological polar surface area (TPSA) is 54.0 Å². The highest BCUT2D eigenvalue weighted by molar-refractivity contribution is 6.74. The number of carbonyl (C=O) groups excluding carboxylic acids is 1. The summed E-state index contributed by atoms with van der Waals surface area (Å²) >= 11 is 0. The van der Waals surface area contributed by atoms with Gasteiger partial charge in [-0.2, -0.15) is 0 Å². The van der Waals surface area contributed by atoms with Crippen molar-refractivity contribution in [1.29, 1.82) is 0 Å². The van der Waals surface area contributed by atoms with Crippen LogP contribution in [0.5, 0.6) is 5.75 Å². The van der Waals surface area contributed by atoms with E-state index in [9.17, 15) is 4.79 Å². The van der Waals surface area contributed by atoms with Crippen LogP contribution in [0, 0.1) is 5.92 Å². The van der Waals surface area contributed by atoms with Crippen LogP contribution in [0.1, 0.15) is 58.9 Å². The van der Waals surface area contributed by atoms with Crippen LogP contribution in [-0.2, 0) is 25.3 Å². The molecule has 1 fully saturated rings. The fourth-order valence-corrected chi connectivity index (χ4v) is 4.56. The first kappa shape index (κ1) is 26.0. The monoisotopic (exact) mass is 450 g/mol. The summed E-state index contributed by atoms with van der Waals surface area (Å²) in [5, 5.41) is 0.175. The fourth-order valence-electron chi connectivity index (χ4n) is 3.50. The van der Waals surface area contributed by atoms with Crippen molar-refractivity contribution >= 4 is 14.1 Å². The van der Waals surface area contributed by atoms with Crippen LogP contribution in [0.25, 0.3) is 0 Å². The molecule has 3 atom stereocenters. The lowest BCUT2D eigenvalue weighted by Crippen LogP contribution is -2.42. The van der Waals surface area contributed by atoms with Crippen molar-refractivity contribution in [2.24, 2.45) is 5.92 Å². The van der Waals surface area contributed by atoms with Gasteiger partial charge >= 0.3 is 0 Å². The summed E-state index contributed by atoms with van der Waals surface area (Å²) in [5.41, 5.74) is 1.13. The molecule has 0 radical (unpaired) electrons. The summed E-state index contributed by atoms with van der Waals surface area (Å²) in [6.07, 6.45) is 2.78. The lowest BCUT2D eigenvalue weighted by Gasteiger charge is -2.37. The van der Waals surface area contributed by atoms with Crippen molar-refractivity contribution in [2.75, 3.05) is 20.3 Å². The van der Waals surface area contributed by atoms with Crippen molar-refractivity contribution < 1.29 is 23.4 Å². The maximum Gasteiger partial charge on any atom is 0.191 e. The lowest BCUT2D eigenvalue weighted by atomic mass is 9.95. The number of hydrogen-bond donors (Lipinski definition) is 0. The average Bonchev–Trinajstić information content (AvgIpc) is 2.70. The molecular weight excluding hydrogens is 408 g/mol. The van der Waals surface area contributed by atoms with Gasteiger partial charge in [-0.25, -0.2) is 0 Å². The average molecular weight is 451 g/mol. The lowest BCUT2D eigenvalue weighted by molar-refractivity contribution is -0.145. The van der Waals surface area contributed by atoms with Crippen LogP contribution in [0.15, 0.2) is 24.3 Å². The number of methoxy groups -OCH3 is 1. The molecule has 0 saturated carbocycles. The zero-order valence-corrected chi connectivity index (χ0v) is 21.5. The minimum absolute atomic E-state index is 0.121. The van der Waals surface area contributed by atoms with E-state index < -0.39 is 8.32 Å². The van der Waals surface area contributed by atoms with Gasteiger partial charge in [0.05, 0.1) is 19.8 Å². The molecule has 0 spiro atoms. The maximum absolute atomic E-state index is 12.3. The molecule has 5 nitrogen and oxygen atoms in total. The molecule has 0 bridgehead atoms. The highest BCUT2D eigenvalue weighted by Crippen LogP contribution is 2.36. The Bertz CT molecular complexity index is 680. The van der Waals surface area contributed by atoms with Crippen LogP contribution < -0.4 is 4.74 Å². The van der Waals surface area contributed by atoms with Gasteiger partial charge in [0.1, 0.15) is 11.9 Å². The number of Topliss-reactive ketones (excluding diaryl/α,β-unsaturated/α-hetero) is 1. The summed E-state index contributed by atoms with van der Waals surface area (Å²) in [7, 11) is -0.127. The fraction of sp³-hybridized carbons (Fsp3) is 0.720. The van der Waals surface area contributed by atoms with Crippen molar-refractivity contribution in [3.63, 3.8) is 0 Å². The number of rotatable bonds is 11. The van der Waals surface area contributed by atoms with Crippen molar-refractivity contribution in [2.45, 2.75) is 90.3 Å². The van der Waals surface area contributed by atoms with Crippen LogP contribution in [0.3, 0.4) is 0 Å². The first-order valence-electron chi connectivity index (χ1n) is 11.5. The zero-order chi connectivity index (χ0) is 23.1. The van der Waals surface area contributed by atoms with Gasteiger partial charge in [-0.3, -0.25) is 4.79 Å². The maximum atomic E-state index is 12.3. The van der Waals surface area contributed by atoms with Gasteiger partial charge in [-0.05, 0) is 54.6 Å². The van der Waals surface area contributed by atoms with E-state index in [0.29, 0.717) is 38.6 Å². The van der Waals surface area contributed by atoms with E-state index in [2.05, 4.69) is 40.8 Å². The number of ketones is 1. The second kappa shape index (κ2) is 11.6. The smallest absolute Gasteiger partial charge is 0.191 e. The Labute approximate surface area is 189 Å². The number of carbonyl (C=O) groups is 1. The van der Waals surface area contributed by atoms with Crippen molar-refractivity contribution in [3.8, 4) is 5.75 Å². The zero-order valence-electron chi connectivity index (χ0n) is 20.5. The van der Waals surface area contributed by atoms with E-state index in [0.717, 1.165) is 24.2 Å². The highest BCUT2D eigenvalue weighted by atomic mass is 28.4. The van der Waals surface area contributed by atoms with Crippen LogP contribution in [0.4, 0.5) is 0 Å². The van der Waals surface area contributed by atoms with Gasteiger partial charge in [0.15, 0.2) is 14.1 Å². The third kappa shape index (κ3) is 8.33. The third-order valence-electron chi connectivity index (χ3n) is 6.57. The summed E-state index contributed by atoms with van der Waals surface area (Å²) in [5.74, 6) is 1.45. The Morgan fingerprint density at radius 3 is 2.48 bits per heavy atom.